The molecule has 0 fully saturated rings. The third-order valence-corrected chi connectivity index (χ3v) is 4.40. The molecule has 3 aromatic heterocycles. The maximum absolute atomic E-state index is 12.8. The average Bonchev–Trinajstić information content (AvgIpc) is 2.91. The monoisotopic (exact) mass is 338 g/mol. The van der Waals surface area contributed by atoms with Gasteiger partial charge in [0, 0.05) is 35.5 Å². The van der Waals surface area contributed by atoms with Gasteiger partial charge in [0.05, 0.1) is 11.3 Å². The first-order valence-corrected chi connectivity index (χ1v) is 8.17. The van der Waals surface area contributed by atoms with Gasteiger partial charge in [-0.25, -0.2) is 4.98 Å². The fourth-order valence-corrected chi connectivity index (χ4v) is 3.29. The number of aromatic nitrogens is 3. The number of fused-ring (bicyclic) bond motifs is 3. The molecule has 24 heavy (non-hydrogen) atoms. The van der Waals surface area contributed by atoms with E-state index in [9.17, 15) is 4.79 Å². The Kier molecular flexibility index (Phi) is 3.78. The molecule has 0 aromatic carbocycles. The minimum Gasteiger partial charge on any atom is -0.364 e. The Morgan fingerprint density at radius 3 is 3.00 bits per heavy atom. The number of pyridine rings is 2. The lowest BCUT2D eigenvalue weighted by Crippen LogP contribution is -2.12. The van der Waals surface area contributed by atoms with Crippen molar-refractivity contribution in [2.45, 2.75) is 19.3 Å². The lowest BCUT2D eigenvalue weighted by molar-refractivity contribution is 0.102. The van der Waals surface area contributed by atoms with Crippen molar-refractivity contribution >= 4 is 23.2 Å². The molecule has 1 aliphatic rings. The van der Waals surface area contributed by atoms with E-state index in [2.05, 4.69) is 26.3 Å². The number of halogens is 1. The number of nitrogens with zero attached hydrogens (tertiary/aromatic N) is 2. The number of H-pyrrole nitrogens is 1. The molecule has 2 N–H and O–H groups in total. The first kappa shape index (κ1) is 14.9. The Morgan fingerprint density at radius 2 is 2.12 bits per heavy atom. The average molecular weight is 339 g/mol. The molecule has 4 rings (SSSR count). The number of hydrogen-bond donors (Lipinski definition) is 2. The van der Waals surface area contributed by atoms with Gasteiger partial charge >= 0.3 is 0 Å². The topological polar surface area (TPSA) is 70.7 Å². The minimum atomic E-state index is -0.187. The van der Waals surface area contributed by atoms with Gasteiger partial charge in [0.1, 0.15) is 5.15 Å². The Balaban J connectivity index is 1.74. The second-order valence-corrected chi connectivity index (χ2v) is 6.13. The molecule has 6 heteroatoms. The highest BCUT2D eigenvalue weighted by Crippen LogP contribution is 2.33. The van der Waals surface area contributed by atoms with Crippen molar-refractivity contribution in [2.24, 2.45) is 0 Å². The van der Waals surface area contributed by atoms with Gasteiger partial charge in [0.25, 0.3) is 5.91 Å². The zero-order chi connectivity index (χ0) is 16.5. The third kappa shape index (κ3) is 2.67. The maximum atomic E-state index is 12.8. The number of aromatic amines is 1. The van der Waals surface area contributed by atoms with Crippen molar-refractivity contribution in [3.05, 3.63) is 64.8 Å². The number of hydrogen-bond acceptors (Lipinski definition) is 3. The number of rotatable bonds is 2. The molecule has 0 saturated carbocycles. The van der Waals surface area contributed by atoms with Crippen molar-refractivity contribution < 1.29 is 4.79 Å². The summed E-state index contributed by atoms with van der Waals surface area (Å²) in [5.41, 5.74) is 5.25. The molecule has 0 bridgehead atoms. The molecule has 1 aliphatic carbocycles. The van der Waals surface area contributed by atoms with Gasteiger partial charge in [0.15, 0.2) is 0 Å². The van der Waals surface area contributed by atoms with Crippen molar-refractivity contribution in [3.63, 3.8) is 0 Å². The zero-order valence-corrected chi connectivity index (χ0v) is 13.6. The first-order chi connectivity index (χ1) is 11.7. The van der Waals surface area contributed by atoms with Crippen LogP contribution in [0.4, 0.5) is 5.69 Å². The van der Waals surface area contributed by atoms with E-state index in [0.29, 0.717) is 16.4 Å². The number of nitrogens with one attached hydrogen (secondary N) is 2. The molecule has 5 nitrogen and oxygen atoms in total. The van der Waals surface area contributed by atoms with Crippen molar-refractivity contribution in [1.29, 1.82) is 0 Å². The predicted octanol–water partition coefficient (Wildman–Crippen LogP) is 3.87. The van der Waals surface area contributed by atoms with Crippen LogP contribution in [-0.2, 0) is 12.8 Å². The smallest absolute Gasteiger partial charge is 0.257 e. The zero-order valence-electron chi connectivity index (χ0n) is 12.8. The first-order valence-electron chi connectivity index (χ1n) is 7.80. The number of aryl methyl sites for hydroxylation is 2. The summed E-state index contributed by atoms with van der Waals surface area (Å²) in [6, 6.07) is 7.35. The van der Waals surface area contributed by atoms with Gasteiger partial charge < -0.3 is 10.3 Å². The SMILES string of the molecule is O=C(Nc1ccnc(Cl)c1)c1c[nH]c2c1-c1ncccc1CCC2. The number of amides is 1. The van der Waals surface area contributed by atoms with Crippen molar-refractivity contribution in [2.75, 3.05) is 5.32 Å². The van der Waals surface area contributed by atoms with Gasteiger partial charge in [-0.1, -0.05) is 17.7 Å². The van der Waals surface area contributed by atoms with Gasteiger partial charge in [-0.15, -0.1) is 0 Å². The summed E-state index contributed by atoms with van der Waals surface area (Å²) in [6.07, 6.45) is 7.99. The van der Waals surface area contributed by atoms with E-state index in [1.54, 1.807) is 30.7 Å². The number of anilines is 1. The van der Waals surface area contributed by atoms with Crippen LogP contribution in [-0.4, -0.2) is 20.9 Å². The van der Waals surface area contributed by atoms with Crippen molar-refractivity contribution in [1.82, 2.24) is 15.0 Å². The lowest BCUT2D eigenvalue weighted by Gasteiger charge is -2.09. The van der Waals surface area contributed by atoms with Gasteiger partial charge in [-0.3, -0.25) is 9.78 Å². The molecule has 3 aromatic rings. The van der Waals surface area contributed by atoms with E-state index in [0.717, 1.165) is 36.2 Å². The van der Waals surface area contributed by atoms with E-state index in [1.165, 1.54) is 5.56 Å². The predicted molar refractivity (Wildman–Crippen MR) is 93.2 cm³/mol. The molecule has 0 radical (unpaired) electrons. The van der Waals surface area contributed by atoms with Crippen LogP contribution >= 0.6 is 11.6 Å². The molecule has 0 saturated heterocycles. The van der Waals surface area contributed by atoms with Crippen LogP contribution in [0.5, 0.6) is 0 Å². The Labute approximate surface area is 144 Å². The molecule has 0 unspecified atom stereocenters. The van der Waals surface area contributed by atoms with Crippen LogP contribution in [0.1, 0.15) is 28.0 Å². The van der Waals surface area contributed by atoms with E-state index in [1.807, 2.05) is 6.07 Å². The molecule has 1 amide bonds. The molecule has 120 valence electrons. The van der Waals surface area contributed by atoms with Crippen LogP contribution < -0.4 is 5.32 Å². The summed E-state index contributed by atoms with van der Waals surface area (Å²) in [5, 5.41) is 3.22. The minimum absolute atomic E-state index is 0.187. The highest BCUT2D eigenvalue weighted by atomic mass is 35.5. The highest BCUT2D eigenvalue weighted by molar-refractivity contribution is 6.29. The van der Waals surface area contributed by atoms with Crippen LogP contribution in [0.2, 0.25) is 5.15 Å². The Bertz CT molecular complexity index is 919. The van der Waals surface area contributed by atoms with Gasteiger partial charge in [-0.2, -0.15) is 0 Å². The summed E-state index contributed by atoms with van der Waals surface area (Å²) in [4.78, 5) is 24.5. The molecule has 0 aliphatic heterocycles. The second kappa shape index (κ2) is 6.09. The molecule has 0 atom stereocenters. The van der Waals surface area contributed by atoms with Crippen LogP contribution in [0.25, 0.3) is 11.3 Å². The number of carbonyl (C=O) groups is 1. The fraction of sp³-hybridized carbons (Fsp3) is 0.167. The molecule has 3 heterocycles. The van der Waals surface area contributed by atoms with Crippen LogP contribution in [0, 0.1) is 0 Å². The molecule has 0 spiro atoms. The summed E-state index contributed by atoms with van der Waals surface area (Å²) < 4.78 is 0. The van der Waals surface area contributed by atoms with E-state index in [-0.39, 0.29) is 5.91 Å². The van der Waals surface area contributed by atoms with Crippen LogP contribution in [0.15, 0.2) is 42.9 Å². The van der Waals surface area contributed by atoms with E-state index >= 15 is 0 Å². The highest BCUT2D eigenvalue weighted by Gasteiger charge is 2.24. The van der Waals surface area contributed by atoms with E-state index in [4.69, 9.17) is 11.6 Å². The number of carbonyl (C=O) groups excluding carboxylic acids is 1. The van der Waals surface area contributed by atoms with Gasteiger partial charge in [-0.05, 0) is 43.0 Å². The molecular formula is C18H15ClN4O. The van der Waals surface area contributed by atoms with Crippen molar-refractivity contribution in [3.8, 4) is 11.3 Å². The quantitative estimate of drug-likeness (QED) is 0.697. The van der Waals surface area contributed by atoms with E-state index < -0.39 is 0 Å². The largest absolute Gasteiger partial charge is 0.364 e. The molecular weight excluding hydrogens is 324 g/mol. The summed E-state index contributed by atoms with van der Waals surface area (Å²) >= 11 is 5.88. The Hall–Kier alpha value is -2.66. The summed E-state index contributed by atoms with van der Waals surface area (Å²) in [6.45, 7) is 0. The second-order valence-electron chi connectivity index (χ2n) is 5.74. The summed E-state index contributed by atoms with van der Waals surface area (Å²) in [7, 11) is 0. The maximum Gasteiger partial charge on any atom is 0.257 e. The lowest BCUT2D eigenvalue weighted by atomic mass is 10.0. The van der Waals surface area contributed by atoms with Gasteiger partial charge in [0.2, 0.25) is 0 Å². The fourth-order valence-electron chi connectivity index (χ4n) is 3.11. The third-order valence-electron chi connectivity index (χ3n) is 4.19. The normalized spacial score (nSPS) is 12.9. The van der Waals surface area contributed by atoms with Crippen LogP contribution in [0.3, 0.4) is 0 Å². The summed E-state index contributed by atoms with van der Waals surface area (Å²) in [5.74, 6) is -0.187. The standard InChI is InChI=1S/C18H15ClN4O/c19-15-9-12(6-8-20-15)23-18(24)13-10-22-14-5-1-3-11-4-2-7-21-17(11)16(13)14/h2,4,6-10,22H,1,3,5H2,(H,20,23,24). The Morgan fingerprint density at radius 1 is 1.21 bits per heavy atom.